The van der Waals surface area contributed by atoms with Crippen molar-refractivity contribution in [3.63, 3.8) is 0 Å². The Balaban J connectivity index is 2.80. The third-order valence-electron chi connectivity index (χ3n) is 3.27. The van der Waals surface area contributed by atoms with Crippen LogP contribution in [-0.4, -0.2) is 54.2 Å². The first-order valence-corrected chi connectivity index (χ1v) is 7.42. The van der Waals surface area contributed by atoms with Gasteiger partial charge < -0.3 is 24.6 Å². The van der Waals surface area contributed by atoms with Crippen LogP contribution in [0.4, 0.5) is 4.79 Å². The molecule has 128 valence electrons. The monoisotopic (exact) mass is 317 g/mol. The SMILES string of the molecule is COC(=O)[C@]1([C@H](O)[C@H](CC(C)C)NC(=O)OC(C)(C)C)CO1. The lowest BCUT2D eigenvalue weighted by Crippen LogP contribution is -2.54. The maximum atomic E-state index is 11.9. The predicted octanol–water partition coefficient (Wildman–Crippen LogP) is 1.23. The van der Waals surface area contributed by atoms with E-state index in [0.717, 1.165) is 0 Å². The molecule has 0 aliphatic carbocycles. The van der Waals surface area contributed by atoms with Gasteiger partial charge in [0.1, 0.15) is 11.7 Å². The highest BCUT2D eigenvalue weighted by atomic mass is 16.7. The van der Waals surface area contributed by atoms with Crippen LogP contribution in [0.1, 0.15) is 41.0 Å². The molecule has 0 bridgehead atoms. The Morgan fingerprint density at radius 1 is 1.36 bits per heavy atom. The quantitative estimate of drug-likeness (QED) is 0.565. The van der Waals surface area contributed by atoms with Crippen molar-refractivity contribution in [3.8, 4) is 0 Å². The number of esters is 1. The number of nitrogens with one attached hydrogen (secondary N) is 1. The van der Waals surface area contributed by atoms with Gasteiger partial charge in [0.15, 0.2) is 0 Å². The van der Waals surface area contributed by atoms with E-state index in [1.807, 2.05) is 13.8 Å². The lowest BCUT2D eigenvalue weighted by Gasteiger charge is -2.29. The molecular formula is C15H27NO6. The molecule has 1 amide bonds. The summed E-state index contributed by atoms with van der Waals surface area (Å²) in [6.07, 6.45) is -1.37. The molecule has 0 aromatic carbocycles. The Kier molecular flexibility index (Phi) is 5.81. The molecule has 0 spiro atoms. The highest BCUT2D eigenvalue weighted by molar-refractivity contribution is 5.83. The molecule has 1 saturated heterocycles. The summed E-state index contributed by atoms with van der Waals surface area (Å²) in [5, 5.41) is 13.1. The number of hydrogen-bond donors (Lipinski definition) is 2. The summed E-state index contributed by atoms with van der Waals surface area (Å²) in [5.41, 5.74) is -2.03. The van der Waals surface area contributed by atoms with Crippen LogP contribution in [0.2, 0.25) is 0 Å². The van der Waals surface area contributed by atoms with Crippen molar-refractivity contribution in [1.29, 1.82) is 0 Å². The van der Waals surface area contributed by atoms with E-state index in [1.54, 1.807) is 20.8 Å². The zero-order chi connectivity index (χ0) is 17.1. The summed E-state index contributed by atoms with van der Waals surface area (Å²) in [4.78, 5) is 23.7. The van der Waals surface area contributed by atoms with Crippen molar-refractivity contribution < 1.29 is 28.9 Å². The van der Waals surface area contributed by atoms with Crippen molar-refractivity contribution in [2.24, 2.45) is 5.92 Å². The zero-order valence-electron chi connectivity index (χ0n) is 14.1. The zero-order valence-corrected chi connectivity index (χ0v) is 14.1. The van der Waals surface area contributed by atoms with E-state index >= 15 is 0 Å². The fourth-order valence-electron chi connectivity index (χ4n) is 2.22. The standard InChI is InChI=1S/C15H27NO6/c1-9(2)7-10(16-13(19)22-14(3,4)5)11(17)15(8-21-15)12(18)20-6/h9-11,17H,7-8H2,1-6H3,(H,16,19)/t10-,11+,15+/m0/s1. The van der Waals surface area contributed by atoms with Crippen LogP contribution in [-0.2, 0) is 19.0 Å². The summed E-state index contributed by atoms with van der Waals surface area (Å²) >= 11 is 0. The lowest BCUT2D eigenvalue weighted by atomic mass is 9.91. The molecule has 1 aliphatic heterocycles. The van der Waals surface area contributed by atoms with Gasteiger partial charge in [-0.15, -0.1) is 0 Å². The lowest BCUT2D eigenvalue weighted by molar-refractivity contribution is -0.152. The van der Waals surface area contributed by atoms with E-state index in [-0.39, 0.29) is 12.5 Å². The first kappa shape index (κ1) is 18.7. The largest absolute Gasteiger partial charge is 0.467 e. The van der Waals surface area contributed by atoms with Crippen LogP contribution >= 0.6 is 0 Å². The van der Waals surface area contributed by atoms with Gasteiger partial charge in [-0.05, 0) is 33.1 Å². The van der Waals surface area contributed by atoms with Gasteiger partial charge in [-0.2, -0.15) is 0 Å². The van der Waals surface area contributed by atoms with Gasteiger partial charge in [0.2, 0.25) is 5.60 Å². The Bertz CT molecular complexity index is 411. The Hall–Kier alpha value is -1.34. The molecule has 2 N–H and O–H groups in total. The molecule has 7 heteroatoms. The van der Waals surface area contributed by atoms with Gasteiger partial charge in [0.25, 0.3) is 0 Å². The molecule has 0 aromatic heterocycles. The fraction of sp³-hybridized carbons (Fsp3) is 0.867. The number of carbonyl (C=O) groups is 2. The average Bonchev–Trinajstić information content (AvgIpc) is 3.14. The Morgan fingerprint density at radius 2 is 1.91 bits per heavy atom. The van der Waals surface area contributed by atoms with Crippen LogP contribution in [0, 0.1) is 5.92 Å². The molecule has 0 saturated carbocycles. The second-order valence-corrected chi connectivity index (χ2v) is 7.00. The predicted molar refractivity (Wildman–Crippen MR) is 79.3 cm³/mol. The number of aliphatic hydroxyl groups is 1. The normalized spacial score (nSPS) is 23.6. The van der Waals surface area contributed by atoms with Gasteiger partial charge >= 0.3 is 12.1 Å². The number of aliphatic hydroxyl groups excluding tert-OH is 1. The molecule has 7 nitrogen and oxygen atoms in total. The number of ether oxygens (including phenoxy) is 3. The molecule has 0 aromatic rings. The highest BCUT2D eigenvalue weighted by Gasteiger charge is 2.61. The number of hydrogen-bond acceptors (Lipinski definition) is 6. The minimum atomic E-state index is -1.39. The number of carbonyl (C=O) groups excluding carboxylic acids is 2. The number of rotatable bonds is 6. The van der Waals surface area contributed by atoms with E-state index in [1.165, 1.54) is 7.11 Å². The molecule has 0 radical (unpaired) electrons. The van der Waals surface area contributed by atoms with Crippen molar-refractivity contribution >= 4 is 12.1 Å². The van der Waals surface area contributed by atoms with E-state index in [4.69, 9.17) is 9.47 Å². The van der Waals surface area contributed by atoms with E-state index in [9.17, 15) is 14.7 Å². The van der Waals surface area contributed by atoms with E-state index < -0.39 is 35.4 Å². The second kappa shape index (κ2) is 6.83. The van der Waals surface area contributed by atoms with E-state index in [0.29, 0.717) is 6.42 Å². The summed E-state index contributed by atoms with van der Waals surface area (Å²) in [6.45, 7) is 9.23. The van der Waals surface area contributed by atoms with Crippen molar-refractivity contribution in [2.45, 2.75) is 64.4 Å². The van der Waals surface area contributed by atoms with Crippen molar-refractivity contribution in [3.05, 3.63) is 0 Å². The number of amides is 1. The topological polar surface area (TPSA) is 97.4 Å². The molecule has 1 rings (SSSR count). The van der Waals surface area contributed by atoms with Crippen LogP contribution < -0.4 is 5.32 Å². The highest BCUT2D eigenvalue weighted by Crippen LogP contribution is 2.35. The van der Waals surface area contributed by atoms with Crippen LogP contribution in [0.25, 0.3) is 0 Å². The molecule has 1 heterocycles. The summed E-state index contributed by atoms with van der Waals surface area (Å²) in [6, 6.07) is -0.670. The fourth-order valence-corrected chi connectivity index (χ4v) is 2.22. The second-order valence-electron chi connectivity index (χ2n) is 7.00. The van der Waals surface area contributed by atoms with Gasteiger partial charge in [0.05, 0.1) is 19.8 Å². The Morgan fingerprint density at radius 3 is 2.27 bits per heavy atom. The molecule has 3 atom stereocenters. The maximum absolute atomic E-state index is 11.9. The van der Waals surface area contributed by atoms with Gasteiger partial charge in [0, 0.05) is 0 Å². The van der Waals surface area contributed by atoms with Crippen molar-refractivity contribution in [1.82, 2.24) is 5.32 Å². The molecule has 0 unspecified atom stereocenters. The molecule has 1 aliphatic rings. The van der Waals surface area contributed by atoms with Gasteiger partial charge in [-0.1, -0.05) is 13.8 Å². The minimum Gasteiger partial charge on any atom is -0.467 e. The third-order valence-corrected chi connectivity index (χ3v) is 3.27. The first-order valence-electron chi connectivity index (χ1n) is 7.42. The average molecular weight is 317 g/mol. The van der Waals surface area contributed by atoms with Crippen LogP contribution in [0.15, 0.2) is 0 Å². The maximum Gasteiger partial charge on any atom is 0.407 e. The number of methoxy groups -OCH3 is 1. The van der Waals surface area contributed by atoms with Crippen molar-refractivity contribution in [2.75, 3.05) is 13.7 Å². The van der Waals surface area contributed by atoms with Gasteiger partial charge in [-0.3, -0.25) is 0 Å². The minimum absolute atomic E-state index is 0.0748. The summed E-state index contributed by atoms with van der Waals surface area (Å²) < 4.78 is 15.0. The number of alkyl carbamates (subject to hydrolysis) is 1. The van der Waals surface area contributed by atoms with E-state index in [2.05, 4.69) is 10.1 Å². The smallest absolute Gasteiger partial charge is 0.407 e. The summed E-state index contributed by atoms with van der Waals surface area (Å²) in [7, 11) is 1.23. The third kappa shape index (κ3) is 4.84. The summed E-state index contributed by atoms with van der Waals surface area (Å²) in [5.74, 6) is -0.442. The molecule has 22 heavy (non-hydrogen) atoms. The van der Waals surface area contributed by atoms with Crippen LogP contribution in [0.3, 0.4) is 0 Å². The Labute approximate surface area is 131 Å². The molecule has 1 fully saturated rings. The van der Waals surface area contributed by atoms with Gasteiger partial charge in [-0.25, -0.2) is 9.59 Å². The van der Waals surface area contributed by atoms with Crippen LogP contribution in [0.5, 0.6) is 0 Å². The number of epoxide rings is 1. The molecular weight excluding hydrogens is 290 g/mol. The first-order chi connectivity index (χ1) is 10.0.